The molecule has 0 aliphatic carbocycles. The van der Waals surface area contributed by atoms with Gasteiger partial charge in [-0.1, -0.05) is 0 Å². The fraction of sp³-hybridized carbons (Fsp3) is 0.412. The summed E-state index contributed by atoms with van der Waals surface area (Å²) in [5, 5.41) is 12.6. The van der Waals surface area contributed by atoms with Gasteiger partial charge in [-0.25, -0.2) is 4.79 Å². The molecule has 2 rings (SSSR count). The summed E-state index contributed by atoms with van der Waals surface area (Å²) in [4.78, 5) is 23.0. The second-order valence-electron chi connectivity index (χ2n) is 6.35. The van der Waals surface area contributed by atoms with Crippen LogP contribution in [0, 0.1) is 0 Å². The van der Waals surface area contributed by atoms with E-state index in [9.17, 15) is 9.59 Å². The van der Waals surface area contributed by atoms with Crippen molar-refractivity contribution < 1.29 is 24.2 Å². The number of rotatable bonds is 5. The highest BCUT2D eigenvalue weighted by Crippen LogP contribution is 2.31. The quantitative estimate of drug-likeness (QED) is 0.872. The molecule has 0 saturated heterocycles. The van der Waals surface area contributed by atoms with Gasteiger partial charge in [-0.3, -0.25) is 9.36 Å². The molecule has 7 heteroatoms. The number of carboxylic acid groups (broad SMARTS) is 1. The molecule has 0 unspecified atom stereocenters. The number of aliphatic carboxylic acids is 1. The molecule has 0 spiro atoms. The lowest BCUT2D eigenvalue weighted by Crippen LogP contribution is -2.26. The number of hydrogen-bond acceptors (Lipinski definition) is 5. The van der Waals surface area contributed by atoms with E-state index in [1.54, 1.807) is 45.2 Å². The first-order valence-corrected chi connectivity index (χ1v) is 7.59. The minimum atomic E-state index is -0.889. The summed E-state index contributed by atoms with van der Waals surface area (Å²) in [6.07, 6.45) is 1.15. The van der Waals surface area contributed by atoms with Crippen LogP contribution in [0.5, 0.6) is 5.75 Å². The Hall–Kier alpha value is -2.70. The third-order valence-corrected chi connectivity index (χ3v) is 3.26. The Kier molecular flexibility index (Phi) is 5.02. The highest BCUT2D eigenvalue weighted by atomic mass is 16.6. The van der Waals surface area contributed by atoms with Crippen molar-refractivity contribution in [2.45, 2.75) is 32.8 Å². The highest BCUT2D eigenvalue weighted by molar-refractivity contribution is 5.93. The molecule has 7 nitrogen and oxygen atoms in total. The van der Waals surface area contributed by atoms with Gasteiger partial charge < -0.3 is 19.9 Å². The van der Waals surface area contributed by atoms with Crippen molar-refractivity contribution >= 4 is 28.7 Å². The van der Waals surface area contributed by atoms with E-state index in [1.165, 1.54) is 11.7 Å². The number of aromatic nitrogens is 1. The number of methoxy groups -OCH3 is 1. The highest BCUT2D eigenvalue weighted by Gasteiger charge is 2.20. The van der Waals surface area contributed by atoms with Crippen molar-refractivity contribution in [2.24, 2.45) is 0 Å². The minimum absolute atomic E-state index is 0.0196. The lowest BCUT2D eigenvalue weighted by Gasteiger charge is -2.20. The number of hydrogen-bond donors (Lipinski definition) is 2. The van der Waals surface area contributed by atoms with Crippen LogP contribution in [0.1, 0.15) is 27.2 Å². The summed E-state index contributed by atoms with van der Waals surface area (Å²) in [6.45, 7) is 5.67. The van der Waals surface area contributed by atoms with E-state index in [-0.39, 0.29) is 13.0 Å². The van der Waals surface area contributed by atoms with E-state index in [0.29, 0.717) is 17.0 Å². The topological polar surface area (TPSA) is 89.8 Å². The SMILES string of the molecule is COc1cc2ccn(C(=O)OC(C)(C)C)c2cc1NCCC(=O)O. The monoisotopic (exact) mass is 334 g/mol. The molecule has 2 N–H and O–H groups in total. The Labute approximate surface area is 140 Å². The second-order valence-corrected chi connectivity index (χ2v) is 6.35. The maximum absolute atomic E-state index is 12.3. The Morgan fingerprint density at radius 1 is 1.29 bits per heavy atom. The van der Waals surface area contributed by atoms with Gasteiger partial charge in [-0.05, 0) is 39.0 Å². The number of fused-ring (bicyclic) bond motifs is 1. The van der Waals surface area contributed by atoms with Crippen LogP contribution in [-0.2, 0) is 9.53 Å². The van der Waals surface area contributed by atoms with Gasteiger partial charge in [-0.2, -0.15) is 0 Å². The van der Waals surface area contributed by atoms with Gasteiger partial charge in [0.2, 0.25) is 0 Å². The second kappa shape index (κ2) is 6.82. The van der Waals surface area contributed by atoms with Crippen LogP contribution in [0.3, 0.4) is 0 Å². The average Bonchev–Trinajstić information content (AvgIpc) is 2.87. The molecule has 0 aliphatic rings. The number of carbonyl (C=O) groups excluding carboxylic acids is 1. The molecule has 0 fully saturated rings. The van der Waals surface area contributed by atoms with Crippen LogP contribution in [0.4, 0.5) is 10.5 Å². The maximum Gasteiger partial charge on any atom is 0.418 e. The number of ether oxygens (including phenoxy) is 2. The number of nitrogens with one attached hydrogen (secondary N) is 1. The normalized spacial score (nSPS) is 11.3. The van der Waals surface area contributed by atoms with Crippen molar-refractivity contribution in [3.63, 3.8) is 0 Å². The fourth-order valence-corrected chi connectivity index (χ4v) is 2.24. The summed E-state index contributed by atoms with van der Waals surface area (Å²) >= 11 is 0. The molecule has 0 amide bonds. The summed E-state index contributed by atoms with van der Waals surface area (Å²) in [6, 6.07) is 5.34. The molecule has 24 heavy (non-hydrogen) atoms. The average molecular weight is 334 g/mol. The molecule has 0 aliphatic heterocycles. The van der Waals surface area contributed by atoms with Crippen molar-refractivity contribution in [3.8, 4) is 5.75 Å². The number of carbonyl (C=O) groups is 2. The van der Waals surface area contributed by atoms with Gasteiger partial charge in [0.25, 0.3) is 0 Å². The van der Waals surface area contributed by atoms with E-state index in [1.807, 2.05) is 0 Å². The van der Waals surface area contributed by atoms with Crippen molar-refractivity contribution in [2.75, 3.05) is 19.0 Å². The maximum atomic E-state index is 12.3. The predicted octanol–water partition coefficient (Wildman–Crippen LogP) is 3.32. The largest absolute Gasteiger partial charge is 0.495 e. The Morgan fingerprint density at radius 3 is 2.58 bits per heavy atom. The summed E-state index contributed by atoms with van der Waals surface area (Å²) in [5.74, 6) is -0.311. The number of nitrogens with zero attached hydrogens (tertiary/aromatic N) is 1. The van der Waals surface area contributed by atoms with Gasteiger partial charge in [0.1, 0.15) is 11.4 Å². The molecule has 2 aromatic rings. The lowest BCUT2D eigenvalue weighted by molar-refractivity contribution is -0.136. The van der Waals surface area contributed by atoms with E-state index in [2.05, 4.69) is 5.32 Å². The van der Waals surface area contributed by atoms with Crippen LogP contribution in [0.25, 0.3) is 10.9 Å². The molecule has 0 bridgehead atoms. The molecule has 130 valence electrons. The Morgan fingerprint density at radius 2 is 2.00 bits per heavy atom. The van der Waals surface area contributed by atoms with Crippen LogP contribution in [0.15, 0.2) is 24.4 Å². The third-order valence-electron chi connectivity index (χ3n) is 3.26. The molecular formula is C17H22N2O5. The minimum Gasteiger partial charge on any atom is -0.495 e. The van der Waals surface area contributed by atoms with Crippen LogP contribution in [0.2, 0.25) is 0 Å². The molecular weight excluding hydrogens is 312 g/mol. The summed E-state index contributed by atoms with van der Waals surface area (Å²) in [5.41, 5.74) is 0.681. The number of benzene rings is 1. The molecule has 0 atom stereocenters. The van der Waals surface area contributed by atoms with Crippen molar-refractivity contribution in [3.05, 3.63) is 24.4 Å². The van der Waals surface area contributed by atoms with Crippen LogP contribution < -0.4 is 10.1 Å². The van der Waals surface area contributed by atoms with Gasteiger partial charge in [-0.15, -0.1) is 0 Å². The van der Waals surface area contributed by atoms with Crippen LogP contribution >= 0.6 is 0 Å². The lowest BCUT2D eigenvalue weighted by atomic mass is 10.2. The van der Waals surface area contributed by atoms with Crippen LogP contribution in [-0.4, -0.2) is 41.0 Å². The summed E-state index contributed by atoms with van der Waals surface area (Å²) in [7, 11) is 1.54. The zero-order chi connectivity index (χ0) is 17.9. The summed E-state index contributed by atoms with van der Waals surface area (Å²) < 4.78 is 12.1. The first-order valence-electron chi connectivity index (χ1n) is 7.59. The molecule has 0 radical (unpaired) electrons. The first-order chi connectivity index (χ1) is 11.2. The van der Waals surface area contributed by atoms with E-state index in [0.717, 1.165) is 5.39 Å². The smallest absolute Gasteiger partial charge is 0.418 e. The Balaban J connectivity index is 2.35. The number of carboxylic acids is 1. The van der Waals surface area contributed by atoms with Crippen molar-refractivity contribution in [1.29, 1.82) is 0 Å². The van der Waals surface area contributed by atoms with Gasteiger partial charge >= 0.3 is 12.1 Å². The zero-order valence-corrected chi connectivity index (χ0v) is 14.3. The van der Waals surface area contributed by atoms with Gasteiger partial charge in [0.05, 0.1) is 24.7 Å². The molecule has 1 aromatic carbocycles. The first kappa shape index (κ1) is 17.7. The molecule has 0 saturated carbocycles. The number of anilines is 1. The zero-order valence-electron chi connectivity index (χ0n) is 14.3. The standard InChI is InChI=1S/C17H22N2O5/c1-17(2,3)24-16(22)19-8-6-11-9-14(23-4)12(10-13(11)19)18-7-5-15(20)21/h6,8-10,18H,5,7H2,1-4H3,(H,20,21). The third kappa shape index (κ3) is 4.18. The van der Waals surface area contributed by atoms with E-state index < -0.39 is 17.7 Å². The molecule has 1 heterocycles. The predicted molar refractivity (Wildman–Crippen MR) is 90.9 cm³/mol. The molecule has 1 aromatic heterocycles. The van der Waals surface area contributed by atoms with Crippen molar-refractivity contribution in [1.82, 2.24) is 4.57 Å². The van der Waals surface area contributed by atoms with Gasteiger partial charge in [0, 0.05) is 18.1 Å². The fourth-order valence-electron chi connectivity index (χ4n) is 2.24. The van der Waals surface area contributed by atoms with Gasteiger partial charge in [0.15, 0.2) is 0 Å². The Bertz CT molecular complexity index is 758. The van der Waals surface area contributed by atoms with E-state index >= 15 is 0 Å². The van der Waals surface area contributed by atoms with E-state index in [4.69, 9.17) is 14.6 Å².